The molecule has 0 heterocycles. The highest BCUT2D eigenvalue weighted by Crippen LogP contribution is 2.28. The van der Waals surface area contributed by atoms with E-state index in [0.29, 0.717) is 6.07 Å². The van der Waals surface area contributed by atoms with Crippen LogP contribution < -0.4 is 0 Å². The second kappa shape index (κ2) is 4.69. The van der Waals surface area contributed by atoms with Crippen molar-refractivity contribution in [1.82, 2.24) is 4.90 Å². The Morgan fingerprint density at radius 2 is 2.00 bits per heavy atom. The van der Waals surface area contributed by atoms with Crippen LogP contribution in [0, 0.1) is 28.8 Å². The van der Waals surface area contributed by atoms with E-state index in [-0.39, 0.29) is 12.6 Å². The molecular formula is C12H9F3N2O. The first-order valence-electron chi connectivity index (χ1n) is 5.37. The van der Waals surface area contributed by atoms with Gasteiger partial charge in [0.15, 0.2) is 17.5 Å². The van der Waals surface area contributed by atoms with Crippen molar-refractivity contribution in [3.63, 3.8) is 0 Å². The standard InChI is InChI=1S/C12H9F3N2O/c13-9-4-3-8(10(14)11(9)15)12(18)17(6-5-16)7-1-2-7/h3-4,7H,1-2,6H2. The lowest BCUT2D eigenvalue weighted by atomic mass is 10.1. The molecule has 0 radical (unpaired) electrons. The van der Waals surface area contributed by atoms with Crippen LogP contribution >= 0.6 is 0 Å². The zero-order valence-corrected chi connectivity index (χ0v) is 9.29. The minimum absolute atomic E-state index is 0.107. The predicted molar refractivity (Wildman–Crippen MR) is 56.0 cm³/mol. The van der Waals surface area contributed by atoms with Gasteiger partial charge >= 0.3 is 0 Å². The molecule has 18 heavy (non-hydrogen) atoms. The summed E-state index contributed by atoms with van der Waals surface area (Å²) in [5.74, 6) is -5.31. The van der Waals surface area contributed by atoms with Crippen molar-refractivity contribution in [2.24, 2.45) is 0 Å². The van der Waals surface area contributed by atoms with Crippen LogP contribution in [0.15, 0.2) is 12.1 Å². The summed E-state index contributed by atoms with van der Waals surface area (Å²) in [5, 5.41) is 8.61. The fraction of sp³-hybridized carbons (Fsp3) is 0.333. The number of benzene rings is 1. The van der Waals surface area contributed by atoms with Crippen molar-refractivity contribution < 1.29 is 18.0 Å². The summed E-state index contributed by atoms with van der Waals surface area (Å²) in [7, 11) is 0. The lowest BCUT2D eigenvalue weighted by Crippen LogP contribution is -2.34. The molecule has 1 aliphatic rings. The number of nitrogens with zero attached hydrogens (tertiary/aromatic N) is 2. The van der Waals surface area contributed by atoms with E-state index in [1.54, 1.807) is 6.07 Å². The molecule has 0 unspecified atom stereocenters. The molecule has 0 saturated heterocycles. The smallest absolute Gasteiger partial charge is 0.258 e. The van der Waals surface area contributed by atoms with Crippen molar-refractivity contribution in [1.29, 1.82) is 5.26 Å². The Hall–Kier alpha value is -2.03. The Morgan fingerprint density at radius 3 is 2.56 bits per heavy atom. The molecule has 1 aliphatic carbocycles. The van der Waals surface area contributed by atoms with E-state index >= 15 is 0 Å². The maximum absolute atomic E-state index is 13.5. The molecule has 0 N–H and O–H groups in total. The minimum Gasteiger partial charge on any atom is -0.322 e. The van der Waals surface area contributed by atoms with Gasteiger partial charge < -0.3 is 4.90 Å². The summed E-state index contributed by atoms with van der Waals surface area (Å²) in [6.45, 7) is -0.193. The van der Waals surface area contributed by atoms with Gasteiger partial charge in [-0.3, -0.25) is 4.79 Å². The number of hydrogen-bond donors (Lipinski definition) is 0. The maximum Gasteiger partial charge on any atom is 0.258 e. The van der Waals surface area contributed by atoms with E-state index in [2.05, 4.69) is 0 Å². The first kappa shape index (κ1) is 12.4. The molecule has 0 spiro atoms. The summed E-state index contributed by atoms with van der Waals surface area (Å²) in [6.07, 6.45) is 1.47. The van der Waals surface area contributed by atoms with Crippen LogP contribution in [0.4, 0.5) is 13.2 Å². The summed E-state index contributed by atoms with van der Waals surface area (Å²) in [4.78, 5) is 13.1. The third-order valence-electron chi connectivity index (χ3n) is 2.76. The van der Waals surface area contributed by atoms with Crippen LogP contribution in [0.1, 0.15) is 23.2 Å². The Morgan fingerprint density at radius 1 is 1.33 bits per heavy atom. The van der Waals surface area contributed by atoms with E-state index in [4.69, 9.17) is 5.26 Å². The van der Waals surface area contributed by atoms with Gasteiger partial charge in [-0.25, -0.2) is 13.2 Å². The van der Waals surface area contributed by atoms with Gasteiger partial charge in [0.2, 0.25) is 0 Å². The van der Waals surface area contributed by atoms with E-state index in [9.17, 15) is 18.0 Å². The lowest BCUT2D eigenvalue weighted by Gasteiger charge is -2.19. The minimum atomic E-state index is -1.67. The molecule has 1 saturated carbocycles. The second-order valence-corrected chi connectivity index (χ2v) is 4.05. The third-order valence-corrected chi connectivity index (χ3v) is 2.76. The summed E-state index contributed by atoms with van der Waals surface area (Å²) >= 11 is 0. The Balaban J connectivity index is 2.33. The van der Waals surface area contributed by atoms with E-state index in [1.165, 1.54) is 4.90 Å². The van der Waals surface area contributed by atoms with Crippen molar-refractivity contribution >= 4 is 5.91 Å². The molecule has 1 aromatic carbocycles. The fourth-order valence-electron chi connectivity index (χ4n) is 1.67. The number of rotatable bonds is 3. The van der Waals surface area contributed by atoms with E-state index in [0.717, 1.165) is 18.9 Å². The van der Waals surface area contributed by atoms with Crippen molar-refractivity contribution in [3.8, 4) is 6.07 Å². The number of amides is 1. The zero-order chi connectivity index (χ0) is 13.3. The van der Waals surface area contributed by atoms with Gasteiger partial charge in [-0.15, -0.1) is 0 Å². The number of carbonyl (C=O) groups excluding carboxylic acids is 1. The van der Waals surface area contributed by atoms with E-state index < -0.39 is 28.9 Å². The average molecular weight is 254 g/mol. The van der Waals surface area contributed by atoms with Gasteiger partial charge in [-0.05, 0) is 25.0 Å². The molecule has 94 valence electrons. The molecule has 0 atom stereocenters. The molecule has 1 fully saturated rings. The van der Waals surface area contributed by atoms with Crippen LogP contribution in [0.2, 0.25) is 0 Å². The molecule has 6 heteroatoms. The Bertz CT molecular complexity index is 535. The van der Waals surface area contributed by atoms with Crippen molar-refractivity contribution in [2.75, 3.05) is 6.54 Å². The van der Waals surface area contributed by atoms with Gasteiger partial charge in [-0.2, -0.15) is 5.26 Å². The van der Waals surface area contributed by atoms with E-state index in [1.807, 2.05) is 0 Å². The molecule has 3 nitrogen and oxygen atoms in total. The quantitative estimate of drug-likeness (QED) is 0.613. The van der Waals surface area contributed by atoms with Crippen LogP contribution in [-0.2, 0) is 0 Å². The number of hydrogen-bond acceptors (Lipinski definition) is 2. The molecule has 2 rings (SSSR count). The summed E-state index contributed by atoms with van der Waals surface area (Å²) in [5.41, 5.74) is -0.545. The summed E-state index contributed by atoms with van der Waals surface area (Å²) < 4.78 is 39.2. The van der Waals surface area contributed by atoms with Crippen molar-refractivity contribution in [2.45, 2.75) is 18.9 Å². The van der Waals surface area contributed by atoms with Crippen LogP contribution in [0.5, 0.6) is 0 Å². The highest BCUT2D eigenvalue weighted by Gasteiger charge is 2.34. The Labute approximate surface area is 101 Å². The monoisotopic (exact) mass is 254 g/mol. The molecule has 0 aromatic heterocycles. The third kappa shape index (κ3) is 2.16. The number of halogens is 3. The topological polar surface area (TPSA) is 44.1 Å². The van der Waals surface area contributed by atoms with Gasteiger partial charge in [0.05, 0.1) is 11.6 Å². The number of nitriles is 1. The second-order valence-electron chi connectivity index (χ2n) is 4.05. The van der Waals surface area contributed by atoms with Crippen LogP contribution in [0.25, 0.3) is 0 Å². The van der Waals surface area contributed by atoms with Gasteiger partial charge in [0.1, 0.15) is 6.54 Å². The first-order chi connectivity index (χ1) is 8.56. The predicted octanol–water partition coefficient (Wildman–Crippen LogP) is 2.23. The molecule has 0 aliphatic heterocycles. The SMILES string of the molecule is N#CCN(C(=O)c1ccc(F)c(F)c1F)C1CC1. The maximum atomic E-state index is 13.5. The first-order valence-corrected chi connectivity index (χ1v) is 5.37. The Kier molecular flexibility index (Phi) is 3.24. The highest BCUT2D eigenvalue weighted by molar-refractivity contribution is 5.95. The zero-order valence-electron chi connectivity index (χ0n) is 9.29. The highest BCUT2D eigenvalue weighted by atomic mass is 19.2. The largest absolute Gasteiger partial charge is 0.322 e. The molecule has 1 aromatic rings. The lowest BCUT2D eigenvalue weighted by molar-refractivity contribution is 0.0759. The normalized spacial score (nSPS) is 14.1. The van der Waals surface area contributed by atoms with Gasteiger partial charge in [0.25, 0.3) is 5.91 Å². The van der Waals surface area contributed by atoms with Gasteiger partial charge in [-0.1, -0.05) is 0 Å². The number of carbonyl (C=O) groups is 1. The van der Waals surface area contributed by atoms with Crippen molar-refractivity contribution in [3.05, 3.63) is 35.1 Å². The average Bonchev–Trinajstić information content (AvgIpc) is 3.17. The molecule has 1 amide bonds. The fourth-order valence-corrected chi connectivity index (χ4v) is 1.67. The van der Waals surface area contributed by atoms with Crippen LogP contribution in [-0.4, -0.2) is 23.4 Å². The molecular weight excluding hydrogens is 245 g/mol. The van der Waals surface area contributed by atoms with Gasteiger partial charge in [0, 0.05) is 6.04 Å². The van der Waals surface area contributed by atoms with Crippen LogP contribution in [0.3, 0.4) is 0 Å². The summed E-state index contributed by atoms with van der Waals surface area (Å²) in [6, 6.07) is 3.28. The molecule has 0 bridgehead atoms.